The maximum absolute atomic E-state index is 13.9. The van der Waals surface area contributed by atoms with Crippen LogP contribution < -0.4 is 4.90 Å². The molecule has 0 spiro atoms. The molecule has 0 atom stereocenters. The average molecular weight is 511 g/mol. The molecular formula is C25H29F3N2O4S. The predicted molar refractivity (Wildman–Crippen MR) is 125 cm³/mol. The van der Waals surface area contributed by atoms with Crippen LogP contribution in [0.4, 0.5) is 19.0 Å². The van der Waals surface area contributed by atoms with E-state index in [0.717, 1.165) is 25.0 Å². The maximum atomic E-state index is 13.9. The molecule has 2 fully saturated rings. The Labute approximate surface area is 203 Å². The number of pyridine rings is 1. The number of benzene rings is 1. The summed E-state index contributed by atoms with van der Waals surface area (Å²) in [5, 5.41) is 0. The van der Waals surface area contributed by atoms with Crippen LogP contribution in [0.3, 0.4) is 0 Å². The lowest BCUT2D eigenvalue weighted by atomic mass is 9.91. The monoisotopic (exact) mass is 510 g/mol. The van der Waals surface area contributed by atoms with Gasteiger partial charge in [0.1, 0.15) is 10.6 Å². The van der Waals surface area contributed by atoms with Crippen molar-refractivity contribution in [2.45, 2.75) is 68.3 Å². The number of aromatic nitrogens is 1. The van der Waals surface area contributed by atoms with Gasteiger partial charge in [0.2, 0.25) is 5.91 Å². The highest BCUT2D eigenvalue weighted by Gasteiger charge is 2.48. The Morgan fingerprint density at radius 2 is 1.74 bits per heavy atom. The lowest BCUT2D eigenvalue weighted by Crippen LogP contribution is -2.43. The number of amides is 1. The number of anilines is 1. The highest BCUT2D eigenvalue weighted by atomic mass is 32.2. The third-order valence-electron chi connectivity index (χ3n) is 6.58. The second-order valence-corrected chi connectivity index (χ2v) is 12.5. The number of sulfone groups is 1. The van der Waals surface area contributed by atoms with Gasteiger partial charge in [-0.2, -0.15) is 13.2 Å². The molecule has 0 N–H and O–H groups in total. The first kappa shape index (κ1) is 25.6. The van der Waals surface area contributed by atoms with Crippen LogP contribution in [0.1, 0.15) is 57.6 Å². The molecular weight excluding hydrogens is 481 g/mol. The second-order valence-electron chi connectivity index (χ2n) is 10.2. The molecule has 2 aliphatic rings. The van der Waals surface area contributed by atoms with Crippen LogP contribution in [-0.2, 0) is 30.3 Å². The third kappa shape index (κ3) is 4.82. The molecule has 1 aliphatic heterocycles. The summed E-state index contributed by atoms with van der Waals surface area (Å²) in [6.45, 7) is 5.79. The molecule has 1 aliphatic carbocycles. The van der Waals surface area contributed by atoms with Gasteiger partial charge in [0.15, 0.2) is 9.84 Å². The van der Waals surface area contributed by atoms with E-state index in [0.29, 0.717) is 17.4 Å². The molecule has 0 bridgehead atoms. The van der Waals surface area contributed by atoms with Crippen LogP contribution >= 0.6 is 0 Å². The SMILES string of the molecule is CC(C)(C)C(=O)N(c1ccc(C2(S(=O)(=O)c3cccc(C(F)(F)F)c3)CCOCC2)cn1)C1CC1. The van der Waals surface area contributed by atoms with Crippen molar-refractivity contribution < 1.29 is 31.1 Å². The summed E-state index contributed by atoms with van der Waals surface area (Å²) in [4.78, 5) is 18.8. The van der Waals surface area contributed by atoms with Crippen LogP contribution in [0.15, 0.2) is 47.5 Å². The molecule has 35 heavy (non-hydrogen) atoms. The van der Waals surface area contributed by atoms with Gasteiger partial charge in [-0.15, -0.1) is 0 Å². The number of rotatable bonds is 5. The minimum absolute atomic E-state index is 0.0611. The predicted octanol–water partition coefficient (Wildman–Crippen LogP) is 5.12. The van der Waals surface area contributed by atoms with Crippen molar-refractivity contribution in [3.63, 3.8) is 0 Å². The van der Waals surface area contributed by atoms with E-state index in [1.54, 1.807) is 17.0 Å². The van der Waals surface area contributed by atoms with Gasteiger partial charge in [-0.3, -0.25) is 9.69 Å². The Morgan fingerprint density at radius 1 is 1.09 bits per heavy atom. The number of nitrogens with zero attached hydrogens (tertiary/aromatic N) is 2. The van der Waals surface area contributed by atoms with Gasteiger partial charge < -0.3 is 4.74 Å². The van der Waals surface area contributed by atoms with Crippen LogP contribution in [0.2, 0.25) is 0 Å². The minimum atomic E-state index is -4.66. The molecule has 1 amide bonds. The topological polar surface area (TPSA) is 76.6 Å². The van der Waals surface area contributed by atoms with Crippen molar-refractivity contribution in [1.29, 1.82) is 0 Å². The fraction of sp³-hybridized carbons (Fsp3) is 0.520. The normalized spacial score (nSPS) is 18.8. The Morgan fingerprint density at radius 3 is 2.26 bits per heavy atom. The summed E-state index contributed by atoms with van der Waals surface area (Å²) in [7, 11) is -4.24. The van der Waals surface area contributed by atoms with Gasteiger partial charge >= 0.3 is 6.18 Å². The fourth-order valence-corrected chi connectivity index (χ4v) is 6.55. The smallest absolute Gasteiger partial charge is 0.381 e. The first-order valence-electron chi connectivity index (χ1n) is 11.6. The molecule has 1 saturated carbocycles. The summed E-state index contributed by atoms with van der Waals surface area (Å²) in [5.74, 6) is 0.368. The summed E-state index contributed by atoms with van der Waals surface area (Å²) in [6.07, 6.45) is -1.31. The van der Waals surface area contributed by atoms with E-state index in [1.165, 1.54) is 12.3 Å². The zero-order chi connectivity index (χ0) is 25.6. The average Bonchev–Trinajstić information content (AvgIpc) is 3.64. The lowest BCUT2D eigenvalue weighted by Gasteiger charge is -2.37. The molecule has 0 radical (unpaired) electrons. The number of ether oxygens (including phenoxy) is 1. The van der Waals surface area contributed by atoms with Crippen LogP contribution in [-0.4, -0.2) is 38.6 Å². The quantitative estimate of drug-likeness (QED) is 0.558. The van der Waals surface area contributed by atoms with E-state index in [-0.39, 0.29) is 42.9 Å². The van der Waals surface area contributed by atoms with E-state index >= 15 is 0 Å². The summed E-state index contributed by atoms with van der Waals surface area (Å²) >= 11 is 0. The van der Waals surface area contributed by atoms with Gasteiger partial charge in [0.25, 0.3) is 0 Å². The molecule has 4 rings (SSSR count). The summed E-state index contributed by atoms with van der Waals surface area (Å²) < 4.78 is 71.5. The van der Waals surface area contributed by atoms with Crippen molar-refractivity contribution >= 4 is 21.6 Å². The summed E-state index contributed by atoms with van der Waals surface area (Å²) in [6, 6.07) is 7.16. The van der Waals surface area contributed by atoms with Gasteiger partial charge in [-0.1, -0.05) is 32.9 Å². The number of alkyl halides is 3. The first-order valence-corrected chi connectivity index (χ1v) is 13.1. The maximum Gasteiger partial charge on any atom is 0.416 e. The largest absolute Gasteiger partial charge is 0.416 e. The van der Waals surface area contributed by atoms with Gasteiger partial charge in [-0.25, -0.2) is 13.4 Å². The number of hydrogen-bond donors (Lipinski definition) is 0. The van der Waals surface area contributed by atoms with Crippen molar-refractivity contribution in [1.82, 2.24) is 4.98 Å². The van der Waals surface area contributed by atoms with Crippen molar-refractivity contribution in [3.8, 4) is 0 Å². The number of carbonyl (C=O) groups excluding carboxylic acids is 1. The van der Waals surface area contributed by atoms with E-state index in [1.807, 2.05) is 20.8 Å². The number of carbonyl (C=O) groups is 1. The first-order chi connectivity index (χ1) is 16.3. The second kappa shape index (κ2) is 8.89. The van der Waals surface area contributed by atoms with Gasteiger partial charge in [0.05, 0.1) is 10.5 Å². The Kier molecular flexibility index (Phi) is 6.51. The molecule has 1 aromatic carbocycles. The highest BCUT2D eigenvalue weighted by Crippen LogP contribution is 2.45. The molecule has 2 heterocycles. The van der Waals surface area contributed by atoms with Crippen molar-refractivity contribution in [2.24, 2.45) is 5.41 Å². The third-order valence-corrected chi connectivity index (χ3v) is 9.13. The molecule has 0 unspecified atom stereocenters. The highest BCUT2D eigenvalue weighted by molar-refractivity contribution is 7.92. The van der Waals surface area contributed by atoms with E-state index in [4.69, 9.17) is 4.74 Å². The number of halogens is 3. The zero-order valence-corrected chi connectivity index (χ0v) is 20.7. The Hall–Kier alpha value is -2.46. The van der Waals surface area contributed by atoms with Crippen LogP contribution in [0.25, 0.3) is 0 Å². The minimum Gasteiger partial charge on any atom is -0.381 e. The molecule has 6 nitrogen and oxygen atoms in total. The van der Waals surface area contributed by atoms with E-state index < -0.39 is 31.7 Å². The van der Waals surface area contributed by atoms with Gasteiger partial charge in [-0.05, 0) is 55.5 Å². The molecule has 190 valence electrons. The number of hydrogen-bond acceptors (Lipinski definition) is 5. The van der Waals surface area contributed by atoms with E-state index in [2.05, 4.69) is 4.98 Å². The standard InChI is InChI=1S/C25H29F3N2O4S/c1-23(2,3)22(31)30(19-8-9-19)21-10-7-18(16-29-21)24(11-13-34-14-12-24)35(32,33)20-6-4-5-17(15-20)25(26,27)28/h4-7,10,15-16,19H,8-9,11-14H2,1-3H3. The fourth-order valence-electron chi connectivity index (χ4n) is 4.43. The Balaban J connectivity index is 1.76. The van der Waals surface area contributed by atoms with Crippen LogP contribution in [0.5, 0.6) is 0 Å². The van der Waals surface area contributed by atoms with Crippen molar-refractivity contribution in [3.05, 3.63) is 53.7 Å². The molecule has 10 heteroatoms. The zero-order valence-electron chi connectivity index (χ0n) is 19.9. The lowest BCUT2D eigenvalue weighted by molar-refractivity contribution is -0.137. The summed E-state index contributed by atoms with van der Waals surface area (Å²) in [5.41, 5.74) is -1.26. The van der Waals surface area contributed by atoms with Crippen LogP contribution in [0, 0.1) is 5.41 Å². The Bertz CT molecular complexity index is 1190. The molecule has 1 aromatic heterocycles. The van der Waals surface area contributed by atoms with Crippen molar-refractivity contribution in [2.75, 3.05) is 18.1 Å². The van der Waals surface area contributed by atoms with Gasteiger partial charge in [0, 0.05) is 30.9 Å². The molecule has 1 saturated heterocycles. The van der Waals surface area contributed by atoms with E-state index in [9.17, 15) is 26.4 Å². The molecule has 2 aromatic rings.